The van der Waals surface area contributed by atoms with E-state index in [1.165, 1.54) is 0 Å². The molecule has 0 aliphatic rings. The first-order valence-corrected chi connectivity index (χ1v) is 2.70. The van der Waals surface area contributed by atoms with Crippen molar-refractivity contribution in [2.45, 2.75) is 20.3 Å². The summed E-state index contributed by atoms with van der Waals surface area (Å²) in [6.07, 6.45) is -0.503. The molecule has 0 heterocycles. The smallest absolute Gasteiger partial charge is 0.402 e. The van der Waals surface area contributed by atoms with Gasteiger partial charge in [0.15, 0.2) is 0 Å². The maximum Gasteiger partial charge on any atom is 0.402 e. The summed E-state index contributed by atoms with van der Waals surface area (Å²) < 4.78 is 0. The summed E-state index contributed by atoms with van der Waals surface area (Å²) in [6.45, 7) is 3.72. The molecule has 5 heteroatoms. The van der Waals surface area contributed by atoms with E-state index >= 15 is 0 Å². The monoisotopic (exact) mass is 148 g/mol. The molecule has 0 aromatic heterocycles. The summed E-state index contributed by atoms with van der Waals surface area (Å²) in [5.74, 6) is 0. The van der Waals surface area contributed by atoms with Crippen molar-refractivity contribution in [3.8, 4) is 0 Å². The Hall–Kier alpha value is -1.26. The Bertz CT molecular complexity index is 118. The Morgan fingerprint density at radius 3 is 2.00 bits per heavy atom. The topological polar surface area (TPSA) is 95.9 Å². The Balaban J connectivity index is 0. The number of oxime groups is 1. The standard InChI is InChI=1S/C4H9NO.CH3NO2/c1-3-4(2)5-6;2-1(3)4/h6H,3H2,1-2H3;2H2,(H,3,4). The molecule has 0 radical (unpaired) electrons. The summed E-state index contributed by atoms with van der Waals surface area (Å²) in [4.78, 5) is 8.78. The van der Waals surface area contributed by atoms with Crippen molar-refractivity contribution in [1.82, 2.24) is 0 Å². The zero-order chi connectivity index (χ0) is 8.57. The van der Waals surface area contributed by atoms with E-state index in [-0.39, 0.29) is 0 Å². The Kier molecular flexibility index (Phi) is 8.92. The molecule has 0 aromatic rings. The maximum absolute atomic E-state index is 8.78. The van der Waals surface area contributed by atoms with Crippen molar-refractivity contribution < 1.29 is 15.1 Å². The fraction of sp³-hybridized carbons (Fsp3) is 0.600. The van der Waals surface area contributed by atoms with Gasteiger partial charge in [0.05, 0.1) is 5.71 Å². The molecule has 0 saturated carbocycles. The summed E-state index contributed by atoms with van der Waals surface area (Å²) in [5, 5.41) is 18.0. The lowest BCUT2D eigenvalue weighted by molar-refractivity contribution is 0.205. The second-order valence-electron chi connectivity index (χ2n) is 1.53. The van der Waals surface area contributed by atoms with Gasteiger partial charge in [-0.25, -0.2) is 4.79 Å². The highest BCUT2D eigenvalue weighted by Gasteiger charge is 1.77. The first-order chi connectivity index (χ1) is 4.54. The summed E-state index contributed by atoms with van der Waals surface area (Å²) >= 11 is 0. The lowest BCUT2D eigenvalue weighted by Gasteiger charge is -1.81. The number of nitrogens with two attached hydrogens (primary N) is 1. The minimum Gasteiger partial charge on any atom is -0.465 e. The van der Waals surface area contributed by atoms with Gasteiger partial charge in [-0.2, -0.15) is 0 Å². The molecule has 4 N–H and O–H groups in total. The van der Waals surface area contributed by atoms with Crippen LogP contribution in [0.3, 0.4) is 0 Å². The lowest BCUT2D eigenvalue weighted by atomic mass is 10.3. The molecule has 0 spiro atoms. The van der Waals surface area contributed by atoms with Gasteiger partial charge in [-0.15, -0.1) is 0 Å². The molecule has 0 unspecified atom stereocenters. The van der Waals surface area contributed by atoms with E-state index in [2.05, 4.69) is 10.9 Å². The van der Waals surface area contributed by atoms with Gasteiger partial charge >= 0.3 is 6.09 Å². The van der Waals surface area contributed by atoms with E-state index in [9.17, 15) is 0 Å². The predicted octanol–water partition coefficient (Wildman–Crippen LogP) is 0.870. The van der Waals surface area contributed by atoms with Crippen LogP contribution < -0.4 is 5.73 Å². The zero-order valence-corrected chi connectivity index (χ0v) is 6.03. The fourth-order valence-electron chi connectivity index (χ4n) is 0.0707. The molecular weight excluding hydrogens is 136 g/mol. The number of hydrogen-bond acceptors (Lipinski definition) is 3. The van der Waals surface area contributed by atoms with Gasteiger partial charge in [-0.3, -0.25) is 0 Å². The molecule has 0 aromatic carbocycles. The molecule has 0 fully saturated rings. The van der Waals surface area contributed by atoms with E-state index in [1.807, 2.05) is 6.92 Å². The first kappa shape index (κ1) is 11.5. The molecule has 0 aliphatic heterocycles. The second-order valence-corrected chi connectivity index (χ2v) is 1.53. The van der Waals surface area contributed by atoms with Crippen molar-refractivity contribution in [1.29, 1.82) is 0 Å². The van der Waals surface area contributed by atoms with E-state index in [0.717, 1.165) is 12.1 Å². The van der Waals surface area contributed by atoms with E-state index in [4.69, 9.17) is 15.1 Å². The van der Waals surface area contributed by atoms with Crippen molar-refractivity contribution in [3.63, 3.8) is 0 Å². The Morgan fingerprint density at radius 2 is 2.00 bits per heavy atom. The zero-order valence-electron chi connectivity index (χ0n) is 6.03. The van der Waals surface area contributed by atoms with Crippen LogP contribution in [0.2, 0.25) is 0 Å². The van der Waals surface area contributed by atoms with Gasteiger partial charge in [0.1, 0.15) is 0 Å². The van der Waals surface area contributed by atoms with Gasteiger partial charge in [-0.1, -0.05) is 12.1 Å². The molecular formula is C5H12N2O3. The highest BCUT2D eigenvalue weighted by atomic mass is 16.4. The van der Waals surface area contributed by atoms with Gasteiger partial charge in [0, 0.05) is 0 Å². The quantitative estimate of drug-likeness (QED) is 0.292. The molecule has 0 rings (SSSR count). The molecule has 1 amide bonds. The molecule has 0 aliphatic carbocycles. The van der Waals surface area contributed by atoms with Crippen molar-refractivity contribution in [2.24, 2.45) is 10.9 Å². The van der Waals surface area contributed by atoms with Crippen LogP contribution in [0.4, 0.5) is 4.79 Å². The van der Waals surface area contributed by atoms with E-state index in [0.29, 0.717) is 0 Å². The van der Waals surface area contributed by atoms with E-state index < -0.39 is 6.09 Å². The molecule has 10 heavy (non-hydrogen) atoms. The molecule has 0 atom stereocenters. The Labute approximate surface area is 59.1 Å². The minimum atomic E-state index is -1.33. The van der Waals surface area contributed by atoms with Crippen LogP contribution >= 0.6 is 0 Å². The van der Waals surface area contributed by atoms with E-state index in [1.54, 1.807) is 6.92 Å². The summed E-state index contributed by atoms with van der Waals surface area (Å²) in [5.41, 5.74) is 4.80. The average Bonchev–Trinajstić information content (AvgIpc) is 1.85. The largest absolute Gasteiger partial charge is 0.465 e. The van der Waals surface area contributed by atoms with Crippen LogP contribution in [-0.4, -0.2) is 22.1 Å². The maximum atomic E-state index is 8.78. The third-order valence-electron chi connectivity index (χ3n) is 0.682. The van der Waals surface area contributed by atoms with Crippen molar-refractivity contribution in [3.05, 3.63) is 0 Å². The number of rotatable bonds is 1. The van der Waals surface area contributed by atoms with Crippen LogP contribution in [0.5, 0.6) is 0 Å². The third kappa shape index (κ3) is 29.6. The average molecular weight is 148 g/mol. The first-order valence-electron chi connectivity index (χ1n) is 2.70. The lowest BCUT2D eigenvalue weighted by Crippen LogP contribution is -2.03. The van der Waals surface area contributed by atoms with Gasteiger partial charge in [0.2, 0.25) is 0 Å². The second kappa shape index (κ2) is 7.74. The molecule has 0 saturated heterocycles. The van der Waals surface area contributed by atoms with Crippen LogP contribution in [0.15, 0.2) is 5.16 Å². The SMILES string of the molecule is CCC(C)=NO.NC(=O)O. The number of hydrogen-bond donors (Lipinski definition) is 3. The van der Waals surface area contributed by atoms with Crippen molar-refractivity contribution >= 4 is 11.8 Å². The normalized spacial score (nSPS) is 9.60. The number of carbonyl (C=O) groups is 1. The minimum absolute atomic E-state index is 0.773. The highest BCUT2D eigenvalue weighted by molar-refractivity contribution is 5.80. The molecule has 5 nitrogen and oxygen atoms in total. The predicted molar refractivity (Wildman–Crippen MR) is 37.4 cm³/mol. The number of carboxylic acid groups (broad SMARTS) is 1. The number of primary amides is 1. The van der Waals surface area contributed by atoms with Crippen LogP contribution in [0.25, 0.3) is 0 Å². The highest BCUT2D eigenvalue weighted by Crippen LogP contribution is 1.78. The number of nitrogens with zero attached hydrogens (tertiary/aromatic N) is 1. The Morgan fingerprint density at radius 1 is 1.70 bits per heavy atom. The summed E-state index contributed by atoms with van der Waals surface area (Å²) in [6, 6.07) is 0. The third-order valence-corrected chi connectivity index (χ3v) is 0.682. The summed E-state index contributed by atoms with van der Waals surface area (Å²) in [7, 11) is 0. The van der Waals surface area contributed by atoms with Crippen LogP contribution in [0, 0.1) is 0 Å². The van der Waals surface area contributed by atoms with Gasteiger partial charge in [0.25, 0.3) is 0 Å². The molecule has 60 valence electrons. The van der Waals surface area contributed by atoms with Crippen molar-refractivity contribution in [2.75, 3.05) is 0 Å². The number of amides is 1. The van der Waals surface area contributed by atoms with Crippen LogP contribution in [-0.2, 0) is 0 Å². The molecule has 0 bridgehead atoms. The van der Waals surface area contributed by atoms with Gasteiger partial charge in [-0.05, 0) is 13.3 Å². The van der Waals surface area contributed by atoms with Crippen LogP contribution in [0.1, 0.15) is 20.3 Å². The van der Waals surface area contributed by atoms with Gasteiger partial charge < -0.3 is 16.0 Å². The fourth-order valence-corrected chi connectivity index (χ4v) is 0.0707.